The van der Waals surface area contributed by atoms with Gasteiger partial charge in [0.25, 0.3) is 5.91 Å². The van der Waals surface area contributed by atoms with Crippen molar-refractivity contribution in [2.75, 3.05) is 19.8 Å². The van der Waals surface area contributed by atoms with Gasteiger partial charge in [-0.25, -0.2) is 0 Å². The summed E-state index contributed by atoms with van der Waals surface area (Å²) in [6.07, 6.45) is 1.95. The van der Waals surface area contributed by atoms with Crippen LogP contribution in [0.15, 0.2) is 24.3 Å². The fraction of sp³-hybridized carbons (Fsp3) is 0.412. The molecule has 3 heterocycles. The zero-order chi connectivity index (χ0) is 15.8. The van der Waals surface area contributed by atoms with E-state index in [4.69, 9.17) is 9.47 Å². The van der Waals surface area contributed by atoms with Crippen molar-refractivity contribution in [1.29, 1.82) is 0 Å². The number of nitrogens with zero attached hydrogens (tertiary/aromatic N) is 2. The molecule has 1 aromatic heterocycles. The van der Waals surface area contributed by atoms with Gasteiger partial charge >= 0.3 is 0 Å². The molecular formula is C17H19N3O3. The summed E-state index contributed by atoms with van der Waals surface area (Å²) in [5.74, 6) is 1.52. The number of amides is 1. The molecule has 0 aliphatic carbocycles. The average molecular weight is 313 g/mol. The van der Waals surface area contributed by atoms with Crippen LogP contribution in [0.3, 0.4) is 0 Å². The van der Waals surface area contributed by atoms with E-state index in [1.807, 2.05) is 30.0 Å². The van der Waals surface area contributed by atoms with Gasteiger partial charge in [0.2, 0.25) is 0 Å². The topological polar surface area (TPSA) is 67.5 Å². The zero-order valence-electron chi connectivity index (χ0n) is 13.0. The van der Waals surface area contributed by atoms with E-state index < -0.39 is 0 Å². The lowest BCUT2D eigenvalue weighted by atomic mass is 10.0. The Balaban J connectivity index is 1.61. The van der Waals surface area contributed by atoms with E-state index in [9.17, 15) is 4.79 Å². The van der Waals surface area contributed by atoms with Gasteiger partial charge in [0, 0.05) is 12.2 Å². The number of carbonyl (C=O) groups excluding carboxylic acids is 1. The summed E-state index contributed by atoms with van der Waals surface area (Å²) in [7, 11) is 0. The number of hydrogen-bond donors (Lipinski definition) is 1. The highest BCUT2D eigenvalue weighted by molar-refractivity contribution is 5.92. The smallest absolute Gasteiger partial charge is 0.274 e. The molecule has 0 unspecified atom stereocenters. The first-order chi connectivity index (χ1) is 11.2. The number of aromatic amines is 1. The highest BCUT2D eigenvalue weighted by Crippen LogP contribution is 2.38. The third kappa shape index (κ3) is 2.54. The number of hydrogen-bond acceptors (Lipinski definition) is 4. The molecular weight excluding hydrogens is 294 g/mol. The predicted molar refractivity (Wildman–Crippen MR) is 83.8 cm³/mol. The number of carbonyl (C=O) groups is 1. The molecule has 1 fully saturated rings. The number of H-pyrrole nitrogens is 1. The number of aryl methyl sites for hydroxylation is 1. The molecule has 1 atom stereocenters. The van der Waals surface area contributed by atoms with Crippen LogP contribution < -0.4 is 9.47 Å². The number of aromatic nitrogens is 2. The number of ether oxygens (including phenoxy) is 2. The summed E-state index contributed by atoms with van der Waals surface area (Å²) < 4.78 is 11.2. The van der Waals surface area contributed by atoms with E-state index >= 15 is 0 Å². The van der Waals surface area contributed by atoms with Crippen molar-refractivity contribution in [2.45, 2.75) is 25.8 Å². The van der Waals surface area contributed by atoms with Gasteiger partial charge in [-0.2, -0.15) is 5.10 Å². The maximum absolute atomic E-state index is 12.7. The minimum Gasteiger partial charge on any atom is -0.486 e. The Morgan fingerprint density at radius 3 is 2.87 bits per heavy atom. The third-order valence-corrected chi connectivity index (χ3v) is 4.39. The highest BCUT2D eigenvalue weighted by atomic mass is 16.6. The first kappa shape index (κ1) is 14.1. The molecule has 0 radical (unpaired) electrons. The molecule has 6 nitrogen and oxygen atoms in total. The van der Waals surface area contributed by atoms with Gasteiger partial charge in [-0.3, -0.25) is 9.89 Å². The largest absolute Gasteiger partial charge is 0.486 e. The Morgan fingerprint density at radius 1 is 1.26 bits per heavy atom. The van der Waals surface area contributed by atoms with Crippen LogP contribution >= 0.6 is 0 Å². The van der Waals surface area contributed by atoms with Crippen molar-refractivity contribution in [3.63, 3.8) is 0 Å². The van der Waals surface area contributed by atoms with E-state index in [0.717, 1.165) is 42.1 Å². The second-order valence-corrected chi connectivity index (χ2v) is 6.00. The standard InChI is InChI=1S/C17H19N3O3/c1-11-9-13(19-18-11)17(21)20-6-2-3-14(20)12-4-5-15-16(10-12)23-8-7-22-15/h4-5,9-10,14H,2-3,6-8H2,1H3,(H,18,19)/t14-/m0/s1. The Hall–Kier alpha value is -2.50. The fourth-order valence-electron chi connectivity index (χ4n) is 3.30. The molecule has 0 spiro atoms. The average Bonchev–Trinajstić information content (AvgIpc) is 3.23. The maximum atomic E-state index is 12.7. The molecule has 4 rings (SSSR count). The third-order valence-electron chi connectivity index (χ3n) is 4.39. The second-order valence-electron chi connectivity index (χ2n) is 6.00. The number of fused-ring (bicyclic) bond motifs is 1. The van der Waals surface area contributed by atoms with Crippen LogP contribution in [0.25, 0.3) is 0 Å². The summed E-state index contributed by atoms with van der Waals surface area (Å²) in [6, 6.07) is 7.82. The summed E-state index contributed by atoms with van der Waals surface area (Å²) in [4.78, 5) is 14.6. The van der Waals surface area contributed by atoms with E-state index in [1.54, 1.807) is 6.07 Å². The summed E-state index contributed by atoms with van der Waals surface area (Å²) in [6.45, 7) is 3.80. The van der Waals surface area contributed by atoms with Crippen LogP contribution in [0.5, 0.6) is 11.5 Å². The van der Waals surface area contributed by atoms with E-state index in [0.29, 0.717) is 18.9 Å². The van der Waals surface area contributed by atoms with Gasteiger partial charge < -0.3 is 14.4 Å². The Labute approximate surface area is 134 Å². The number of rotatable bonds is 2. The van der Waals surface area contributed by atoms with Gasteiger partial charge in [-0.05, 0) is 43.5 Å². The van der Waals surface area contributed by atoms with E-state index in [1.165, 1.54) is 0 Å². The first-order valence-corrected chi connectivity index (χ1v) is 7.95. The summed E-state index contributed by atoms with van der Waals surface area (Å²) in [5, 5.41) is 6.93. The van der Waals surface area contributed by atoms with Crippen LogP contribution in [0, 0.1) is 6.92 Å². The van der Waals surface area contributed by atoms with Crippen LogP contribution in [0.2, 0.25) is 0 Å². The quantitative estimate of drug-likeness (QED) is 0.925. The highest BCUT2D eigenvalue weighted by Gasteiger charge is 2.32. The Morgan fingerprint density at radius 2 is 2.09 bits per heavy atom. The number of nitrogens with one attached hydrogen (secondary N) is 1. The molecule has 2 aliphatic heterocycles. The molecule has 1 saturated heterocycles. The Bertz CT molecular complexity index is 740. The lowest BCUT2D eigenvalue weighted by Crippen LogP contribution is -2.31. The zero-order valence-corrected chi connectivity index (χ0v) is 13.0. The van der Waals surface area contributed by atoms with Crippen molar-refractivity contribution in [1.82, 2.24) is 15.1 Å². The first-order valence-electron chi connectivity index (χ1n) is 7.95. The van der Waals surface area contributed by atoms with Gasteiger partial charge in [-0.15, -0.1) is 0 Å². The molecule has 1 N–H and O–H groups in total. The predicted octanol–water partition coefficient (Wildman–Crippen LogP) is 2.47. The van der Waals surface area contributed by atoms with E-state index in [2.05, 4.69) is 10.2 Å². The molecule has 2 aromatic rings. The van der Waals surface area contributed by atoms with Gasteiger partial charge in [0.1, 0.15) is 18.9 Å². The van der Waals surface area contributed by atoms with Crippen LogP contribution in [-0.4, -0.2) is 40.8 Å². The van der Waals surface area contributed by atoms with Crippen LogP contribution in [-0.2, 0) is 0 Å². The van der Waals surface area contributed by atoms with Crippen LogP contribution in [0.4, 0.5) is 0 Å². The number of likely N-dealkylation sites (tertiary alicyclic amines) is 1. The fourth-order valence-corrected chi connectivity index (χ4v) is 3.30. The molecule has 0 bridgehead atoms. The van der Waals surface area contributed by atoms with Crippen LogP contribution in [0.1, 0.15) is 40.6 Å². The molecule has 1 aromatic carbocycles. The monoisotopic (exact) mass is 313 g/mol. The lowest BCUT2D eigenvalue weighted by molar-refractivity contribution is 0.0729. The molecule has 1 amide bonds. The van der Waals surface area contributed by atoms with Crippen molar-refractivity contribution < 1.29 is 14.3 Å². The lowest BCUT2D eigenvalue weighted by Gasteiger charge is -2.26. The maximum Gasteiger partial charge on any atom is 0.274 e. The van der Waals surface area contributed by atoms with Gasteiger partial charge in [0.15, 0.2) is 11.5 Å². The van der Waals surface area contributed by atoms with Crippen molar-refractivity contribution in [3.8, 4) is 11.5 Å². The van der Waals surface area contributed by atoms with Crippen molar-refractivity contribution in [3.05, 3.63) is 41.2 Å². The second kappa shape index (κ2) is 5.61. The molecule has 120 valence electrons. The molecule has 23 heavy (non-hydrogen) atoms. The van der Waals surface area contributed by atoms with Gasteiger partial charge in [-0.1, -0.05) is 6.07 Å². The van der Waals surface area contributed by atoms with Crippen molar-refractivity contribution in [2.24, 2.45) is 0 Å². The summed E-state index contributed by atoms with van der Waals surface area (Å²) in [5.41, 5.74) is 2.46. The normalized spacial score (nSPS) is 19.9. The van der Waals surface area contributed by atoms with Crippen molar-refractivity contribution >= 4 is 5.91 Å². The summed E-state index contributed by atoms with van der Waals surface area (Å²) >= 11 is 0. The van der Waals surface area contributed by atoms with E-state index in [-0.39, 0.29) is 11.9 Å². The minimum absolute atomic E-state index is 0.0215. The minimum atomic E-state index is -0.0215. The van der Waals surface area contributed by atoms with Gasteiger partial charge in [0.05, 0.1) is 6.04 Å². The molecule has 2 aliphatic rings. The molecule has 6 heteroatoms. The Kier molecular flexibility index (Phi) is 3.44. The SMILES string of the molecule is Cc1cc(C(=O)N2CCC[C@H]2c2ccc3c(c2)OCCO3)n[nH]1. The number of benzene rings is 1. The molecule has 0 saturated carbocycles.